The predicted octanol–water partition coefficient (Wildman–Crippen LogP) is 8.47. The number of anilines is 2. The first kappa shape index (κ1) is 39.0. The molecule has 16 heteroatoms. The molecule has 6 unspecified atom stereocenters. The predicted molar refractivity (Wildman–Crippen MR) is 196 cm³/mol. The van der Waals surface area contributed by atoms with Crippen LogP contribution < -0.4 is 19.3 Å². The van der Waals surface area contributed by atoms with Crippen LogP contribution in [0.4, 0.5) is 37.7 Å². The molecule has 0 radical (unpaired) electrons. The lowest BCUT2D eigenvalue weighted by Gasteiger charge is -2.51. The second-order valence-electron chi connectivity index (χ2n) is 14.6. The first-order valence-electron chi connectivity index (χ1n) is 17.9. The van der Waals surface area contributed by atoms with Gasteiger partial charge in [-0.3, -0.25) is 19.2 Å². The number of allylic oxidation sites excluding steroid dienone is 2. The highest BCUT2D eigenvalue weighted by molar-refractivity contribution is 6.32. The number of fused-ring (bicyclic) bond motifs is 4. The van der Waals surface area contributed by atoms with Gasteiger partial charge in [-0.25, -0.2) is 9.80 Å². The van der Waals surface area contributed by atoms with Gasteiger partial charge in [0.05, 0.1) is 59.9 Å². The summed E-state index contributed by atoms with van der Waals surface area (Å²) in [7, 11) is 2.63. The van der Waals surface area contributed by atoms with E-state index in [9.17, 15) is 41.0 Å². The minimum Gasteiger partial charge on any atom is -0.508 e. The summed E-state index contributed by atoms with van der Waals surface area (Å²) < 4.78 is 95.3. The van der Waals surface area contributed by atoms with Gasteiger partial charge >= 0.3 is 12.4 Å². The van der Waals surface area contributed by atoms with Gasteiger partial charge in [-0.15, -0.1) is 0 Å². The topological polar surface area (TPSA) is 113 Å². The van der Waals surface area contributed by atoms with Gasteiger partial charge in [-0.2, -0.15) is 26.3 Å². The van der Waals surface area contributed by atoms with Crippen LogP contribution in [0, 0.1) is 23.7 Å². The number of ether oxygens (including phenoxy) is 2. The second kappa shape index (κ2) is 13.6. The SMILES string of the molecule is COc1cc(O)cc(OC)c1C1C2=CCC3C(=O)N(c4cc(C(F)(F)F)cc(C(F)(F)F)c4)C(=O)C3C2CC2C(=O)N(c3cccc(Cl)c3)C(=O)C21c1ccccc1. The van der Waals surface area contributed by atoms with Crippen LogP contribution in [0.1, 0.15) is 41.0 Å². The highest BCUT2D eigenvalue weighted by Crippen LogP contribution is 2.66. The number of phenols is 1. The molecule has 2 saturated heterocycles. The van der Waals surface area contributed by atoms with Gasteiger partial charge in [-0.05, 0) is 60.7 Å². The molecule has 1 saturated carbocycles. The van der Waals surface area contributed by atoms with Crippen molar-refractivity contribution in [1.82, 2.24) is 0 Å². The van der Waals surface area contributed by atoms with Gasteiger partial charge in [0.2, 0.25) is 23.6 Å². The zero-order valence-electron chi connectivity index (χ0n) is 30.4. The van der Waals surface area contributed by atoms with Gasteiger partial charge in [0.15, 0.2) is 0 Å². The van der Waals surface area contributed by atoms with E-state index in [1.54, 1.807) is 48.5 Å². The lowest BCUT2D eigenvalue weighted by molar-refractivity contribution is -0.143. The number of alkyl halides is 6. The number of benzene rings is 4. The Balaban J connectivity index is 1.37. The fourth-order valence-electron chi connectivity index (χ4n) is 9.59. The van der Waals surface area contributed by atoms with Crippen LogP contribution in [0.25, 0.3) is 0 Å². The third-order valence-electron chi connectivity index (χ3n) is 11.8. The molecular weight excluding hydrogens is 794 g/mol. The molecule has 2 aliphatic carbocycles. The largest absolute Gasteiger partial charge is 0.508 e. The quantitative estimate of drug-likeness (QED) is 0.118. The van der Waals surface area contributed by atoms with Gasteiger partial charge in [0, 0.05) is 28.6 Å². The first-order valence-corrected chi connectivity index (χ1v) is 18.3. The molecule has 4 aromatic rings. The smallest absolute Gasteiger partial charge is 0.416 e. The number of nitrogens with zero attached hydrogens (tertiary/aromatic N) is 2. The molecule has 4 aliphatic rings. The van der Waals surface area contributed by atoms with Gasteiger partial charge in [-0.1, -0.05) is 59.6 Å². The molecule has 300 valence electrons. The number of hydrogen-bond acceptors (Lipinski definition) is 7. The third kappa shape index (κ3) is 5.76. The maximum absolute atomic E-state index is 15.5. The highest BCUT2D eigenvalue weighted by atomic mass is 35.5. The number of methoxy groups -OCH3 is 2. The van der Waals surface area contributed by atoms with Gasteiger partial charge < -0.3 is 14.6 Å². The van der Waals surface area contributed by atoms with Gasteiger partial charge in [0.1, 0.15) is 17.2 Å². The molecule has 2 heterocycles. The number of phenolic OH excluding ortho intramolecular Hbond substituents is 1. The average Bonchev–Trinajstić information content (AvgIpc) is 3.57. The van der Waals surface area contributed by atoms with Crippen molar-refractivity contribution < 1.29 is 60.1 Å². The van der Waals surface area contributed by atoms with E-state index in [2.05, 4.69) is 0 Å². The number of rotatable bonds is 6. The Bertz CT molecular complexity index is 2380. The van der Waals surface area contributed by atoms with Crippen molar-refractivity contribution in [2.24, 2.45) is 23.7 Å². The summed E-state index contributed by atoms with van der Waals surface area (Å²) in [6, 6.07) is 17.6. The molecule has 4 amide bonds. The Labute approximate surface area is 331 Å². The molecule has 8 rings (SSSR count). The summed E-state index contributed by atoms with van der Waals surface area (Å²) in [4.78, 5) is 60.7. The highest BCUT2D eigenvalue weighted by Gasteiger charge is 2.71. The first-order chi connectivity index (χ1) is 27.4. The lowest BCUT2D eigenvalue weighted by atomic mass is 9.49. The molecule has 0 aromatic heterocycles. The zero-order chi connectivity index (χ0) is 41.6. The number of aromatic hydroxyl groups is 1. The van der Waals surface area contributed by atoms with Crippen LogP contribution in [-0.4, -0.2) is 43.0 Å². The van der Waals surface area contributed by atoms with Crippen LogP contribution in [0.5, 0.6) is 17.2 Å². The standard InChI is InChI=1S/C42H31ClF6N2O7/c1-57-31-17-26(52)18-32(58-2)34(31)35-27-11-12-28-33(38(55)50(36(28)53)25-14-21(41(44,45)46)13-22(15-25)42(47,48)49)29(27)19-30-37(54)51(24-10-6-9-23(43)16-24)39(56)40(30,35)20-7-4-3-5-8-20/h3-11,13-18,28-30,33,35,52H,12,19H2,1-2H3. The summed E-state index contributed by atoms with van der Waals surface area (Å²) >= 11 is 6.35. The number of amides is 4. The van der Waals surface area contributed by atoms with Crippen LogP contribution >= 0.6 is 11.6 Å². The number of hydrogen-bond donors (Lipinski definition) is 1. The maximum atomic E-state index is 15.5. The monoisotopic (exact) mass is 824 g/mol. The Kier molecular flexibility index (Phi) is 9.18. The fraction of sp³-hybridized carbons (Fsp3) is 0.286. The number of halogens is 7. The molecule has 0 bridgehead atoms. The zero-order valence-corrected chi connectivity index (χ0v) is 31.2. The van der Waals surface area contributed by atoms with E-state index in [0.29, 0.717) is 28.2 Å². The summed E-state index contributed by atoms with van der Waals surface area (Å²) in [5.41, 5.74) is -4.98. The van der Waals surface area contributed by atoms with E-state index in [0.717, 1.165) is 4.90 Å². The summed E-state index contributed by atoms with van der Waals surface area (Å²) in [6.07, 6.45) is -9.30. The Morgan fingerprint density at radius 1 is 0.724 bits per heavy atom. The average molecular weight is 825 g/mol. The van der Waals surface area contributed by atoms with Crippen molar-refractivity contribution >= 4 is 46.6 Å². The van der Waals surface area contributed by atoms with E-state index < -0.39 is 87.8 Å². The lowest BCUT2D eigenvalue weighted by Crippen LogP contribution is -2.53. The van der Waals surface area contributed by atoms with E-state index in [4.69, 9.17) is 21.1 Å². The summed E-state index contributed by atoms with van der Waals surface area (Å²) in [6.45, 7) is 0. The molecule has 58 heavy (non-hydrogen) atoms. The third-order valence-corrected chi connectivity index (χ3v) is 12.1. The molecule has 2 aliphatic heterocycles. The van der Waals surface area contributed by atoms with Crippen molar-refractivity contribution in [1.29, 1.82) is 0 Å². The minimum absolute atomic E-state index is 0.0418. The van der Waals surface area contributed by atoms with Crippen LogP contribution in [0.2, 0.25) is 5.02 Å². The van der Waals surface area contributed by atoms with E-state index >= 15 is 9.59 Å². The van der Waals surface area contributed by atoms with Crippen molar-refractivity contribution in [2.75, 3.05) is 24.0 Å². The summed E-state index contributed by atoms with van der Waals surface area (Å²) in [5.74, 6) is -9.77. The Morgan fingerprint density at radius 2 is 1.34 bits per heavy atom. The normalized spacial score (nSPS) is 25.7. The fourth-order valence-corrected chi connectivity index (χ4v) is 9.77. The number of carbonyl (C=O) groups excluding carboxylic acids is 4. The molecule has 0 spiro atoms. The minimum atomic E-state index is -5.26. The van der Waals surface area contributed by atoms with E-state index in [-0.39, 0.29) is 52.4 Å². The van der Waals surface area contributed by atoms with Gasteiger partial charge in [0.25, 0.3) is 0 Å². The molecule has 3 fully saturated rings. The van der Waals surface area contributed by atoms with Crippen LogP contribution in [-0.2, 0) is 36.9 Å². The Morgan fingerprint density at radius 3 is 1.91 bits per heavy atom. The Hall–Kier alpha value is -5.83. The van der Waals surface area contributed by atoms with E-state index in [1.807, 2.05) is 0 Å². The van der Waals surface area contributed by atoms with Crippen molar-refractivity contribution in [3.05, 3.63) is 124 Å². The van der Waals surface area contributed by atoms with Crippen LogP contribution in [0.15, 0.2) is 96.6 Å². The molecule has 6 atom stereocenters. The molecular formula is C42H31ClF6N2O7. The van der Waals surface area contributed by atoms with Crippen molar-refractivity contribution in [3.8, 4) is 17.2 Å². The molecule has 4 aromatic carbocycles. The van der Waals surface area contributed by atoms with E-state index in [1.165, 1.54) is 38.5 Å². The molecule has 9 nitrogen and oxygen atoms in total. The number of imide groups is 2. The molecule has 1 N–H and O–H groups in total. The number of carbonyl (C=O) groups is 4. The second-order valence-corrected chi connectivity index (χ2v) is 15.1. The summed E-state index contributed by atoms with van der Waals surface area (Å²) in [5, 5.41) is 10.9. The van der Waals surface area contributed by atoms with Crippen molar-refractivity contribution in [2.45, 2.75) is 36.5 Å². The van der Waals surface area contributed by atoms with Crippen LogP contribution in [0.3, 0.4) is 0 Å². The van der Waals surface area contributed by atoms with Crippen molar-refractivity contribution in [3.63, 3.8) is 0 Å². The maximum Gasteiger partial charge on any atom is 0.416 e.